The number of hydrogen-bond acceptors (Lipinski definition) is 6. The minimum atomic E-state index is -0.458. The molecule has 1 aromatic carbocycles. The van der Waals surface area contributed by atoms with E-state index >= 15 is 0 Å². The fourth-order valence-electron chi connectivity index (χ4n) is 4.42. The van der Waals surface area contributed by atoms with Gasteiger partial charge in [0.1, 0.15) is 5.60 Å². The number of anilines is 1. The van der Waals surface area contributed by atoms with Gasteiger partial charge in [-0.3, -0.25) is 4.90 Å². The Morgan fingerprint density at radius 3 is 2.48 bits per heavy atom. The van der Waals surface area contributed by atoms with Gasteiger partial charge in [0.25, 0.3) is 0 Å². The molecule has 2 heterocycles. The zero-order valence-electron chi connectivity index (χ0n) is 19.0. The predicted octanol–water partition coefficient (Wildman–Crippen LogP) is 3.75. The number of carbonyl (C=O) groups excluding carboxylic acids is 1. The number of alkyl carbamates (subject to hydrolysis) is 1. The van der Waals surface area contributed by atoms with Crippen molar-refractivity contribution in [2.24, 2.45) is 5.92 Å². The number of benzene rings is 1. The first-order valence-electron chi connectivity index (χ1n) is 11.4. The molecule has 0 radical (unpaired) electrons. The zero-order chi connectivity index (χ0) is 22.3. The lowest BCUT2D eigenvalue weighted by molar-refractivity contribution is -0.130. The van der Waals surface area contributed by atoms with E-state index in [-0.39, 0.29) is 6.09 Å². The lowest BCUT2D eigenvalue weighted by atomic mass is 9.86. The number of rotatable bonds is 8. The zero-order valence-corrected chi connectivity index (χ0v) is 19.0. The van der Waals surface area contributed by atoms with Crippen LogP contribution in [0, 0.1) is 17.2 Å². The largest absolute Gasteiger partial charge is 0.444 e. The number of nitrogens with zero attached hydrogens (tertiary/aromatic N) is 2. The third kappa shape index (κ3) is 8.04. The second-order valence-electron chi connectivity index (χ2n) is 9.66. The lowest BCUT2D eigenvalue weighted by Gasteiger charge is -2.44. The fourth-order valence-corrected chi connectivity index (χ4v) is 4.42. The fraction of sp³-hybridized carbons (Fsp3) is 0.667. The molecule has 2 atom stereocenters. The minimum absolute atomic E-state index is 0.297. The van der Waals surface area contributed by atoms with Crippen molar-refractivity contribution in [2.45, 2.75) is 64.3 Å². The first-order chi connectivity index (χ1) is 14.8. The number of likely N-dealkylation sites (tertiary alicyclic amines) is 1. The van der Waals surface area contributed by atoms with Crippen LogP contribution in [0.15, 0.2) is 24.3 Å². The van der Waals surface area contributed by atoms with Crippen molar-refractivity contribution in [3.8, 4) is 6.07 Å². The summed E-state index contributed by atoms with van der Waals surface area (Å²) in [6.45, 7) is 10.2. The van der Waals surface area contributed by atoms with E-state index in [2.05, 4.69) is 21.6 Å². The number of nitriles is 1. The summed E-state index contributed by atoms with van der Waals surface area (Å²) in [4.78, 5) is 14.3. The standard InChI is InChI=1S/C24H36N4O3/c1-24(2,3)31-23(29)27-11-9-19-13-21-16-28(17-22(14-19)30-21)12-4-10-26-20-7-5-18(15-25)6-8-20/h5-8,19,21-22,26H,4,9-14,16-17H2,1-3H3,(H,27,29). The van der Waals surface area contributed by atoms with Gasteiger partial charge in [0.05, 0.1) is 23.8 Å². The Bertz CT molecular complexity index is 740. The minimum Gasteiger partial charge on any atom is -0.444 e. The van der Waals surface area contributed by atoms with Crippen LogP contribution < -0.4 is 10.6 Å². The van der Waals surface area contributed by atoms with E-state index in [0.29, 0.717) is 30.2 Å². The summed E-state index contributed by atoms with van der Waals surface area (Å²) in [5.74, 6) is 0.596. The normalized spacial score (nSPS) is 23.6. The summed E-state index contributed by atoms with van der Waals surface area (Å²) < 4.78 is 11.5. The molecule has 1 aromatic rings. The van der Waals surface area contributed by atoms with Gasteiger partial charge in [-0.15, -0.1) is 0 Å². The molecule has 31 heavy (non-hydrogen) atoms. The molecule has 2 unspecified atom stereocenters. The van der Waals surface area contributed by atoms with E-state index in [1.54, 1.807) is 0 Å². The molecule has 7 nitrogen and oxygen atoms in total. The van der Waals surface area contributed by atoms with Gasteiger partial charge in [-0.25, -0.2) is 4.79 Å². The van der Waals surface area contributed by atoms with Crippen molar-refractivity contribution in [1.82, 2.24) is 10.2 Å². The summed E-state index contributed by atoms with van der Waals surface area (Å²) >= 11 is 0. The Morgan fingerprint density at radius 2 is 1.87 bits per heavy atom. The molecule has 0 saturated carbocycles. The van der Waals surface area contributed by atoms with Gasteiger partial charge in [-0.1, -0.05) is 0 Å². The predicted molar refractivity (Wildman–Crippen MR) is 121 cm³/mol. The summed E-state index contributed by atoms with van der Waals surface area (Å²) in [5, 5.41) is 15.2. The number of hydrogen-bond donors (Lipinski definition) is 2. The van der Waals surface area contributed by atoms with E-state index in [1.807, 2.05) is 45.0 Å². The van der Waals surface area contributed by atoms with Gasteiger partial charge in [0.15, 0.2) is 0 Å². The second-order valence-corrected chi connectivity index (χ2v) is 9.66. The van der Waals surface area contributed by atoms with Crippen LogP contribution in [0.2, 0.25) is 0 Å². The summed E-state index contributed by atoms with van der Waals surface area (Å²) in [6.07, 6.45) is 4.43. The van der Waals surface area contributed by atoms with Gasteiger partial charge in [0, 0.05) is 38.4 Å². The van der Waals surface area contributed by atoms with Crippen LogP contribution in [0.4, 0.5) is 10.5 Å². The van der Waals surface area contributed by atoms with E-state index in [0.717, 1.165) is 57.5 Å². The summed E-state index contributed by atoms with van der Waals surface area (Å²) in [7, 11) is 0. The van der Waals surface area contributed by atoms with Crippen molar-refractivity contribution < 1.29 is 14.3 Å². The third-order valence-corrected chi connectivity index (χ3v) is 5.72. The molecule has 1 amide bonds. The highest BCUT2D eigenvalue weighted by Crippen LogP contribution is 2.31. The topological polar surface area (TPSA) is 86.6 Å². The van der Waals surface area contributed by atoms with Crippen LogP contribution in [-0.4, -0.2) is 61.5 Å². The maximum Gasteiger partial charge on any atom is 0.407 e. The van der Waals surface area contributed by atoms with Crippen LogP contribution in [0.25, 0.3) is 0 Å². The average Bonchev–Trinajstić information content (AvgIpc) is 2.70. The number of fused-ring (bicyclic) bond motifs is 2. The number of carbonyl (C=O) groups is 1. The van der Waals surface area contributed by atoms with E-state index in [4.69, 9.17) is 14.7 Å². The Balaban J connectivity index is 1.31. The van der Waals surface area contributed by atoms with E-state index in [9.17, 15) is 4.79 Å². The second kappa shape index (κ2) is 10.8. The molecule has 0 aromatic heterocycles. The molecule has 7 heteroatoms. The Labute approximate surface area is 186 Å². The molecular weight excluding hydrogens is 392 g/mol. The van der Waals surface area contributed by atoms with E-state index < -0.39 is 5.60 Å². The molecule has 2 fully saturated rings. The molecular formula is C24H36N4O3. The lowest BCUT2D eigenvalue weighted by Crippen LogP contribution is -2.52. The Kier molecular flexibility index (Phi) is 8.16. The van der Waals surface area contributed by atoms with Gasteiger partial charge < -0.3 is 20.1 Å². The first kappa shape index (κ1) is 23.4. The molecule has 2 N–H and O–H groups in total. The highest BCUT2D eigenvalue weighted by atomic mass is 16.6. The molecule has 2 aliphatic rings. The molecule has 3 rings (SSSR count). The molecule has 0 spiro atoms. The van der Waals surface area contributed by atoms with Gasteiger partial charge in [0.2, 0.25) is 0 Å². The summed E-state index contributed by atoms with van der Waals surface area (Å²) in [6, 6.07) is 9.72. The number of nitrogens with one attached hydrogen (secondary N) is 2. The van der Waals surface area contributed by atoms with Crippen LogP contribution in [0.5, 0.6) is 0 Å². The number of morpholine rings is 1. The number of ether oxygens (including phenoxy) is 2. The highest BCUT2D eigenvalue weighted by Gasteiger charge is 2.35. The molecule has 2 bridgehead atoms. The maximum absolute atomic E-state index is 11.8. The van der Waals surface area contributed by atoms with Crippen molar-refractivity contribution in [2.75, 3.05) is 38.0 Å². The first-order valence-corrected chi connectivity index (χ1v) is 11.4. The highest BCUT2D eigenvalue weighted by molar-refractivity contribution is 5.67. The van der Waals surface area contributed by atoms with Crippen molar-refractivity contribution in [3.05, 3.63) is 29.8 Å². The van der Waals surface area contributed by atoms with Crippen LogP contribution in [0.3, 0.4) is 0 Å². The summed E-state index contributed by atoms with van der Waals surface area (Å²) in [5.41, 5.74) is 1.28. The van der Waals surface area contributed by atoms with Crippen molar-refractivity contribution in [1.29, 1.82) is 5.26 Å². The van der Waals surface area contributed by atoms with Crippen molar-refractivity contribution >= 4 is 11.8 Å². The average molecular weight is 429 g/mol. The van der Waals surface area contributed by atoms with Crippen molar-refractivity contribution in [3.63, 3.8) is 0 Å². The molecule has 170 valence electrons. The third-order valence-electron chi connectivity index (χ3n) is 5.72. The maximum atomic E-state index is 11.8. The van der Waals surface area contributed by atoms with Crippen LogP contribution in [-0.2, 0) is 9.47 Å². The van der Waals surface area contributed by atoms with Gasteiger partial charge in [-0.05, 0) is 76.6 Å². The van der Waals surface area contributed by atoms with E-state index in [1.165, 1.54) is 0 Å². The SMILES string of the molecule is CC(C)(C)OC(=O)NCCC1CC2CN(CCCNc3ccc(C#N)cc3)CC(C1)O2. The molecule has 0 aliphatic carbocycles. The van der Waals surface area contributed by atoms with Gasteiger partial charge >= 0.3 is 6.09 Å². The van der Waals surface area contributed by atoms with Crippen LogP contribution in [0.1, 0.15) is 52.0 Å². The quantitative estimate of drug-likeness (QED) is 0.613. The molecule has 2 saturated heterocycles. The molecule has 2 aliphatic heterocycles. The number of amides is 1. The van der Waals surface area contributed by atoms with Gasteiger partial charge in [-0.2, -0.15) is 5.26 Å². The Hall–Kier alpha value is -2.30. The van der Waals surface area contributed by atoms with Crippen LogP contribution >= 0.6 is 0 Å². The Morgan fingerprint density at radius 1 is 1.19 bits per heavy atom. The monoisotopic (exact) mass is 428 g/mol. The smallest absolute Gasteiger partial charge is 0.407 e.